The molecule has 0 amide bonds. The number of carbonyl (C=O) groups is 1. The van der Waals surface area contributed by atoms with Crippen molar-refractivity contribution in [1.29, 1.82) is 0 Å². The van der Waals surface area contributed by atoms with Crippen LogP contribution in [-0.2, 0) is 11.3 Å². The number of likely N-dealkylation sites (N-methyl/N-ethyl adjacent to an activating group) is 1. The molecule has 0 aromatic heterocycles. The van der Waals surface area contributed by atoms with Crippen LogP contribution in [0.2, 0.25) is 0 Å². The van der Waals surface area contributed by atoms with Crippen molar-refractivity contribution < 1.29 is 14.6 Å². The van der Waals surface area contributed by atoms with Gasteiger partial charge in [-0.3, -0.25) is 9.69 Å². The van der Waals surface area contributed by atoms with Gasteiger partial charge in [0.1, 0.15) is 5.75 Å². The van der Waals surface area contributed by atoms with Crippen molar-refractivity contribution in [1.82, 2.24) is 4.90 Å². The Morgan fingerprint density at radius 2 is 2.17 bits per heavy atom. The molecule has 1 aromatic carbocycles. The molecule has 1 aromatic rings. The fourth-order valence-corrected chi connectivity index (χ4v) is 1.68. The van der Waals surface area contributed by atoms with Gasteiger partial charge >= 0.3 is 5.97 Å². The highest BCUT2D eigenvalue weighted by Gasteiger charge is 2.08. The molecule has 1 N–H and O–H groups in total. The van der Waals surface area contributed by atoms with Gasteiger partial charge in [-0.15, -0.1) is 0 Å². The van der Waals surface area contributed by atoms with E-state index in [1.54, 1.807) is 0 Å². The quantitative estimate of drug-likeness (QED) is 0.770. The van der Waals surface area contributed by atoms with E-state index in [9.17, 15) is 4.79 Å². The zero-order valence-electron chi connectivity index (χ0n) is 11.1. The molecule has 0 radical (unpaired) electrons. The SMILES string of the molecule is CCCOc1cccc(CN(CC)CC(=O)O)c1. The van der Waals surface area contributed by atoms with E-state index in [0.717, 1.165) is 17.7 Å². The summed E-state index contributed by atoms with van der Waals surface area (Å²) in [6.07, 6.45) is 0.977. The second-order valence-electron chi connectivity index (χ2n) is 4.19. The molecule has 0 unspecified atom stereocenters. The second-order valence-corrected chi connectivity index (χ2v) is 4.19. The van der Waals surface area contributed by atoms with Crippen molar-refractivity contribution >= 4 is 5.97 Å². The Hall–Kier alpha value is -1.55. The summed E-state index contributed by atoms with van der Waals surface area (Å²) in [6, 6.07) is 7.82. The largest absolute Gasteiger partial charge is 0.494 e. The zero-order valence-corrected chi connectivity index (χ0v) is 11.1. The lowest BCUT2D eigenvalue weighted by molar-refractivity contribution is -0.138. The molecular weight excluding hydrogens is 230 g/mol. The Morgan fingerprint density at radius 1 is 1.39 bits per heavy atom. The van der Waals surface area contributed by atoms with Crippen molar-refractivity contribution in [2.24, 2.45) is 0 Å². The van der Waals surface area contributed by atoms with E-state index in [-0.39, 0.29) is 6.54 Å². The highest BCUT2D eigenvalue weighted by molar-refractivity contribution is 5.69. The number of hydrogen-bond acceptors (Lipinski definition) is 3. The third-order valence-electron chi connectivity index (χ3n) is 2.58. The standard InChI is InChI=1S/C14H21NO3/c1-3-8-18-13-7-5-6-12(9-13)10-15(4-2)11-14(16)17/h5-7,9H,3-4,8,10-11H2,1-2H3,(H,16,17). The Balaban J connectivity index is 2.62. The van der Waals surface area contributed by atoms with Crippen LogP contribution >= 0.6 is 0 Å². The first kappa shape index (κ1) is 14.5. The van der Waals surface area contributed by atoms with Crippen LogP contribution in [0.1, 0.15) is 25.8 Å². The lowest BCUT2D eigenvalue weighted by Gasteiger charge is -2.18. The number of hydrogen-bond donors (Lipinski definition) is 1. The molecule has 0 aliphatic heterocycles. The van der Waals surface area contributed by atoms with Gasteiger partial charge in [-0.25, -0.2) is 0 Å². The molecule has 0 aliphatic rings. The predicted octanol–water partition coefficient (Wildman–Crippen LogP) is 2.38. The van der Waals surface area contributed by atoms with Crippen molar-refractivity contribution in [2.75, 3.05) is 19.7 Å². The lowest BCUT2D eigenvalue weighted by atomic mass is 10.2. The predicted molar refractivity (Wildman–Crippen MR) is 70.8 cm³/mol. The van der Waals surface area contributed by atoms with Gasteiger partial charge in [0.25, 0.3) is 0 Å². The molecule has 0 saturated heterocycles. The molecule has 0 aliphatic carbocycles. The number of rotatable bonds is 8. The van der Waals surface area contributed by atoms with E-state index in [4.69, 9.17) is 9.84 Å². The molecule has 0 spiro atoms. The van der Waals surface area contributed by atoms with E-state index in [1.165, 1.54) is 0 Å². The van der Waals surface area contributed by atoms with E-state index in [2.05, 4.69) is 6.92 Å². The van der Waals surface area contributed by atoms with Gasteiger partial charge in [0.15, 0.2) is 0 Å². The monoisotopic (exact) mass is 251 g/mol. The Kier molecular flexibility index (Phi) is 6.22. The van der Waals surface area contributed by atoms with Crippen LogP contribution in [0.5, 0.6) is 5.75 Å². The van der Waals surface area contributed by atoms with E-state index >= 15 is 0 Å². The average molecular weight is 251 g/mol. The maximum absolute atomic E-state index is 10.7. The molecule has 100 valence electrons. The number of ether oxygens (including phenoxy) is 1. The minimum absolute atomic E-state index is 0.0660. The van der Waals surface area contributed by atoms with Gasteiger partial charge in [-0.05, 0) is 30.7 Å². The van der Waals surface area contributed by atoms with E-state index < -0.39 is 5.97 Å². The molecular formula is C14H21NO3. The average Bonchev–Trinajstić information content (AvgIpc) is 2.35. The second kappa shape index (κ2) is 7.71. The molecule has 1 rings (SSSR count). The highest BCUT2D eigenvalue weighted by Crippen LogP contribution is 2.15. The molecule has 0 atom stereocenters. The van der Waals surface area contributed by atoms with Crippen LogP contribution in [-0.4, -0.2) is 35.7 Å². The highest BCUT2D eigenvalue weighted by atomic mass is 16.5. The fourth-order valence-electron chi connectivity index (χ4n) is 1.68. The maximum Gasteiger partial charge on any atom is 0.317 e. The minimum atomic E-state index is -0.796. The molecule has 0 bridgehead atoms. The summed E-state index contributed by atoms with van der Waals surface area (Å²) in [5.41, 5.74) is 1.08. The summed E-state index contributed by atoms with van der Waals surface area (Å²) in [5.74, 6) is 0.0518. The molecule has 4 nitrogen and oxygen atoms in total. The van der Waals surface area contributed by atoms with Crippen molar-refractivity contribution in [3.8, 4) is 5.75 Å². The summed E-state index contributed by atoms with van der Waals surface area (Å²) < 4.78 is 5.56. The van der Waals surface area contributed by atoms with Gasteiger partial charge in [0.05, 0.1) is 13.2 Å². The summed E-state index contributed by atoms with van der Waals surface area (Å²) >= 11 is 0. The van der Waals surface area contributed by atoms with Crippen LogP contribution in [0.4, 0.5) is 0 Å². The van der Waals surface area contributed by atoms with Gasteiger partial charge in [-0.2, -0.15) is 0 Å². The van der Waals surface area contributed by atoms with Crippen molar-refractivity contribution in [3.05, 3.63) is 29.8 Å². The van der Waals surface area contributed by atoms with Crippen LogP contribution in [0.25, 0.3) is 0 Å². The van der Waals surface area contributed by atoms with Crippen LogP contribution in [0, 0.1) is 0 Å². The summed E-state index contributed by atoms with van der Waals surface area (Å²) in [6.45, 7) is 6.14. The van der Waals surface area contributed by atoms with Crippen LogP contribution in [0.15, 0.2) is 24.3 Å². The third-order valence-corrected chi connectivity index (χ3v) is 2.58. The fraction of sp³-hybridized carbons (Fsp3) is 0.500. The van der Waals surface area contributed by atoms with Gasteiger partial charge < -0.3 is 9.84 Å². The maximum atomic E-state index is 10.7. The molecule has 4 heteroatoms. The molecule has 18 heavy (non-hydrogen) atoms. The first-order valence-corrected chi connectivity index (χ1v) is 6.31. The first-order valence-electron chi connectivity index (χ1n) is 6.31. The van der Waals surface area contributed by atoms with Crippen LogP contribution < -0.4 is 4.74 Å². The van der Waals surface area contributed by atoms with Gasteiger partial charge in [-0.1, -0.05) is 26.0 Å². The molecule has 0 saturated carbocycles. The molecule has 0 fully saturated rings. The van der Waals surface area contributed by atoms with Crippen molar-refractivity contribution in [2.45, 2.75) is 26.8 Å². The number of carboxylic acid groups (broad SMARTS) is 1. The third kappa shape index (κ3) is 5.19. The first-order chi connectivity index (χ1) is 8.65. The van der Waals surface area contributed by atoms with E-state index in [1.807, 2.05) is 36.1 Å². The topological polar surface area (TPSA) is 49.8 Å². The minimum Gasteiger partial charge on any atom is -0.494 e. The van der Waals surface area contributed by atoms with Crippen LogP contribution in [0.3, 0.4) is 0 Å². The number of aliphatic carboxylic acids is 1. The lowest BCUT2D eigenvalue weighted by Crippen LogP contribution is -2.29. The normalized spacial score (nSPS) is 10.6. The Labute approximate surface area is 108 Å². The summed E-state index contributed by atoms with van der Waals surface area (Å²) in [4.78, 5) is 12.6. The molecule has 0 heterocycles. The van der Waals surface area contributed by atoms with E-state index in [0.29, 0.717) is 19.7 Å². The van der Waals surface area contributed by atoms with Gasteiger partial charge in [0.2, 0.25) is 0 Å². The number of benzene rings is 1. The number of nitrogens with zero attached hydrogens (tertiary/aromatic N) is 1. The summed E-state index contributed by atoms with van der Waals surface area (Å²) in [7, 11) is 0. The van der Waals surface area contributed by atoms with Gasteiger partial charge in [0, 0.05) is 6.54 Å². The smallest absolute Gasteiger partial charge is 0.317 e. The summed E-state index contributed by atoms with van der Waals surface area (Å²) in [5, 5.41) is 8.80. The van der Waals surface area contributed by atoms with Crippen molar-refractivity contribution in [3.63, 3.8) is 0 Å². The Morgan fingerprint density at radius 3 is 2.78 bits per heavy atom. The Bertz CT molecular complexity index is 379. The number of carboxylic acids is 1. The zero-order chi connectivity index (χ0) is 13.4.